The Balaban J connectivity index is 3.32. The molecule has 5 N–H and O–H groups in total. The van der Waals surface area contributed by atoms with Gasteiger partial charge in [-0.2, -0.15) is 0 Å². The van der Waals surface area contributed by atoms with Crippen LogP contribution in [0.3, 0.4) is 0 Å². The van der Waals surface area contributed by atoms with Gasteiger partial charge in [0.1, 0.15) is 0 Å². The third-order valence-corrected chi connectivity index (χ3v) is 1.73. The number of rotatable bonds is 8. The molecule has 86 valence electrons. The zero-order valence-electron chi connectivity index (χ0n) is 8.98. The van der Waals surface area contributed by atoms with E-state index in [1.54, 1.807) is 0 Å². The van der Waals surface area contributed by atoms with Crippen molar-refractivity contribution in [1.29, 1.82) is 0 Å². The number of aliphatic hydroxyl groups excluding tert-OH is 1. The molecule has 0 aromatic carbocycles. The topological polar surface area (TPSA) is 90.7 Å². The summed E-state index contributed by atoms with van der Waals surface area (Å²) in [6.45, 7) is 4.76. The Hall–Kier alpha value is -0.200. The molecule has 2 unspecified atom stereocenters. The summed E-state index contributed by atoms with van der Waals surface area (Å²) in [6.07, 6.45) is 0.180. The van der Waals surface area contributed by atoms with Crippen LogP contribution in [0.5, 0.6) is 0 Å². The van der Waals surface area contributed by atoms with Gasteiger partial charge in [-0.05, 0) is 20.3 Å². The minimum atomic E-state index is -0.320. The van der Waals surface area contributed by atoms with Crippen molar-refractivity contribution < 1.29 is 14.6 Å². The fourth-order valence-corrected chi connectivity index (χ4v) is 0.806. The molecule has 0 aromatic heterocycles. The molecule has 0 heterocycles. The van der Waals surface area contributed by atoms with Crippen LogP contribution < -0.4 is 11.5 Å². The fraction of sp³-hybridized carbons (Fsp3) is 1.00. The predicted octanol–water partition coefficient (Wildman–Crippen LogP) is -0.577. The first-order valence-electron chi connectivity index (χ1n) is 4.91. The summed E-state index contributed by atoms with van der Waals surface area (Å²) in [7, 11) is 0. The van der Waals surface area contributed by atoms with E-state index in [0.29, 0.717) is 19.6 Å². The van der Waals surface area contributed by atoms with Crippen molar-refractivity contribution in [3.8, 4) is 0 Å². The Morgan fingerprint density at radius 3 is 2.29 bits per heavy atom. The highest BCUT2D eigenvalue weighted by molar-refractivity contribution is 4.54. The normalized spacial score (nSPS) is 15.9. The van der Waals surface area contributed by atoms with Gasteiger partial charge >= 0.3 is 0 Å². The average molecular weight is 206 g/mol. The third-order valence-electron chi connectivity index (χ3n) is 1.73. The van der Waals surface area contributed by atoms with Gasteiger partial charge in [-0.1, -0.05) is 0 Å². The van der Waals surface area contributed by atoms with Gasteiger partial charge in [0.25, 0.3) is 0 Å². The molecule has 0 fully saturated rings. The summed E-state index contributed by atoms with van der Waals surface area (Å²) in [4.78, 5) is 0. The highest BCUT2D eigenvalue weighted by atomic mass is 16.5. The molecule has 0 saturated heterocycles. The van der Waals surface area contributed by atoms with Crippen LogP contribution in [0.15, 0.2) is 0 Å². The Morgan fingerprint density at radius 2 is 1.79 bits per heavy atom. The smallest absolute Gasteiger partial charge is 0.0780 e. The Bertz CT molecular complexity index is 133. The molecule has 0 aliphatic rings. The second-order valence-electron chi connectivity index (χ2n) is 3.46. The lowest BCUT2D eigenvalue weighted by molar-refractivity contribution is -0.0463. The number of hydrogen-bond acceptors (Lipinski definition) is 5. The minimum Gasteiger partial charge on any atom is -0.394 e. The molecular formula is C9H22N2O3. The molecule has 0 radical (unpaired) electrons. The molecule has 0 aliphatic heterocycles. The summed E-state index contributed by atoms with van der Waals surface area (Å²) >= 11 is 0. The number of nitrogens with two attached hydrogens (primary N) is 2. The summed E-state index contributed by atoms with van der Waals surface area (Å²) in [5.41, 5.74) is 10.7. The third kappa shape index (κ3) is 8.40. The molecule has 2 atom stereocenters. The Labute approximate surface area is 85.4 Å². The van der Waals surface area contributed by atoms with Gasteiger partial charge in [-0.3, -0.25) is 0 Å². The van der Waals surface area contributed by atoms with Crippen molar-refractivity contribution in [2.75, 3.05) is 19.8 Å². The first-order chi connectivity index (χ1) is 6.56. The SMILES string of the molecule is CC(CO)OCC(C)OCCC(N)N. The van der Waals surface area contributed by atoms with Crippen LogP contribution in [0.2, 0.25) is 0 Å². The monoisotopic (exact) mass is 206 g/mol. The first kappa shape index (κ1) is 13.8. The molecule has 0 aliphatic carbocycles. The van der Waals surface area contributed by atoms with Crippen LogP contribution in [0.4, 0.5) is 0 Å². The van der Waals surface area contributed by atoms with E-state index in [2.05, 4.69) is 0 Å². The van der Waals surface area contributed by atoms with E-state index in [9.17, 15) is 0 Å². The van der Waals surface area contributed by atoms with Gasteiger partial charge in [0.05, 0.1) is 31.6 Å². The van der Waals surface area contributed by atoms with Crippen molar-refractivity contribution in [1.82, 2.24) is 0 Å². The van der Waals surface area contributed by atoms with Gasteiger partial charge < -0.3 is 26.0 Å². The van der Waals surface area contributed by atoms with Crippen LogP contribution in [-0.2, 0) is 9.47 Å². The van der Waals surface area contributed by atoms with E-state index in [0.717, 1.165) is 0 Å². The van der Waals surface area contributed by atoms with E-state index in [1.807, 2.05) is 13.8 Å². The lowest BCUT2D eigenvalue weighted by Crippen LogP contribution is -2.32. The maximum Gasteiger partial charge on any atom is 0.0780 e. The molecule has 0 saturated carbocycles. The average Bonchev–Trinajstić information content (AvgIpc) is 2.13. The molecule has 14 heavy (non-hydrogen) atoms. The number of ether oxygens (including phenoxy) is 2. The number of hydrogen-bond donors (Lipinski definition) is 3. The van der Waals surface area contributed by atoms with Crippen molar-refractivity contribution in [3.63, 3.8) is 0 Å². The van der Waals surface area contributed by atoms with Gasteiger partial charge in [-0.15, -0.1) is 0 Å². The maximum atomic E-state index is 8.70. The van der Waals surface area contributed by atoms with E-state index < -0.39 is 0 Å². The quantitative estimate of drug-likeness (QED) is 0.462. The van der Waals surface area contributed by atoms with Crippen molar-refractivity contribution in [3.05, 3.63) is 0 Å². The lowest BCUT2D eigenvalue weighted by Gasteiger charge is -2.16. The van der Waals surface area contributed by atoms with E-state index in [-0.39, 0.29) is 25.0 Å². The molecule has 0 bridgehead atoms. The summed E-state index contributed by atoms with van der Waals surface area (Å²) in [5, 5.41) is 8.70. The second-order valence-corrected chi connectivity index (χ2v) is 3.46. The first-order valence-corrected chi connectivity index (χ1v) is 4.91. The molecular weight excluding hydrogens is 184 g/mol. The van der Waals surface area contributed by atoms with E-state index >= 15 is 0 Å². The van der Waals surface area contributed by atoms with Crippen molar-refractivity contribution in [2.45, 2.75) is 38.6 Å². The van der Waals surface area contributed by atoms with Crippen molar-refractivity contribution in [2.24, 2.45) is 11.5 Å². The van der Waals surface area contributed by atoms with E-state index in [4.69, 9.17) is 26.0 Å². The molecule has 0 amide bonds. The summed E-state index contributed by atoms with van der Waals surface area (Å²) in [5.74, 6) is 0. The Morgan fingerprint density at radius 1 is 1.14 bits per heavy atom. The van der Waals surface area contributed by atoms with Gasteiger partial charge in [0.2, 0.25) is 0 Å². The van der Waals surface area contributed by atoms with Crippen LogP contribution in [-0.4, -0.2) is 43.3 Å². The van der Waals surface area contributed by atoms with Crippen LogP contribution in [0.25, 0.3) is 0 Å². The van der Waals surface area contributed by atoms with E-state index in [1.165, 1.54) is 0 Å². The predicted molar refractivity (Wildman–Crippen MR) is 54.7 cm³/mol. The minimum absolute atomic E-state index is 0.00255. The molecule has 5 heteroatoms. The second kappa shape index (κ2) is 8.14. The van der Waals surface area contributed by atoms with Gasteiger partial charge in [0.15, 0.2) is 0 Å². The molecule has 5 nitrogen and oxygen atoms in total. The summed E-state index contributed by atoms with van der Waals surface area (Å²) < 4.78 is 10.7. The molecule has 0 rings (SSSR count). The number of aliphatic hydroxyl groups is 1. The van der Waals surface area contributed by atoms with Gasteiger partial charge in [-0.25, -0.2) is 0 Å². The lowest BCUT2D eigenvalue weighted by atomic mass is 10.3. The molecule has 0 spiro atoms. The standard InChI is InChI=1S/C9H22N2O3/c1-7(5-12)14-6-8(2)13-4-3-9(10)11/h7-9,12H,3-6,10-11H2,1-2H3. The van der Waals surface area contributed by atoms with Crippen molar-refractivity contribution >= 4 is 0 Å². The zero-order chi connectivity index (χ0) is 11.0. The fourth-order valence-electron chi connectivity index (χ4n) is 0.806. The Kier molecular flexibility index (Phi) is 8.02. The van der Waals surface area contributed by atoms with Gasteiger partial charge in [0, 0.05) is 6.61 Å². The maximum absolute atomic E-state index is 8.70. The highest BCUT2D eigenvalue weighted by Gasteiger charge is 2.06. The molecule has 0 aromatic rings. The van der Waals surface area contributed by atoms with Crippen LogP contribution in [0, 0.1) is 0 Å². The van der Waals surface area contributed by atoms with Crippen LogP contribution in [0.1, 0.15) is 20.3 Å². The zero-order valence-corrected chi connectivity index (χ0v) is 8.98. The van der Waals surface area contributed by atoms with Crippen LogP contribution >= 0.6 is 0 Å². The summed E-state index contributed by atoms with van der Waals surface area (Å²) in [6, 6.07) is 0. The largest absolute Gasteiger partial charge is 0.394 e. The highest BCUT2D eigenvalue weighted by Crippen LogP contribution is 1.97.